The second-order valence-electron chi connectivity index (χ2n) is 5.55. The summed E-state index contributed by atoms with van der Waals surface area (Å²) in [6.45, 7) is 1.04. The first-order valence-electron chi connectivity index (χ1n) is 7.58. The van der Waals surface area contributed by atoms with Crippen LogP contribution in [0.2, 0.25) is 0 Å². The molecule has 1 aliphatic rings. The van der Waals surface area contributed by atoms with Crippen LogP contribution in [-0.2, 0) is 16.1 Å². The van der Waals surface area contributed by atoms with Crippen molar-refractivity contribution in [2.45, 2.75) is 31.6 Å². The van der Waals surface area contributed by atoms with E-state index in [-0.39, 0.29) is 24.4 Å². The summed E-state index contributed by atoms with van der Waals surface area (Å²) in [7, 11) is 0. The summed E-state index contributed by atoms with van der Waals surface area (Å²) in [4.78, 5) is 12.3. The molecule has 6 nitrogen and oxygen atoms in total. The summed E-state index contributed by atoms with van der Waals surface area (Å²) < 4.78 is 8.41. The van der Waals surface area contributed by atoms with E-state index in [1.165, 1.54) is 0 Å². The number of halogens is 2. The van der Waals surface area contributed by atoms with Gasteiger partial charge in [-0.2, -0.15) is 5.10 Å². The van der Waals surface area contributed by atoms with Crippen LogP contribution in [0.15, 0.2) is 41.0 Å². The second-order valence-corrected chi connectivity index (χ2v) is 6.47. The highest BCUT2D eigenvalue weighted by molar-refractivity contribution is 9.10. The number of carbonyl (C=O) groups is 1. The van der Waals surface area contributed by atoms with Crippen LogP contribution in [0, 0.1) is 0 Å². The van der Waals surface area contributed by atoms with Gasteiger partial charge in [0.05, 0.1) is 18.8 Å². The molecule has 24 heavy (non-hydrogen) atoms. The average molecular weight is 416 g/mol. The molecule has 1 amide bonds. The van der Waals surface area contributed by atoms with Gasteiger partial charge in [0.2, 0.25) is 0 Å². The third-order valence-corrected chi connectivity index (χ3v) is 4.40. The summed E-state index contributed by atoms with van der Waals surface area (Å²) in [5.74, 6) is 0.524. The van der Waals surface area contributed by atoms with E-state index < -0.39 is 6.10 Å². The van der Waals surface area contributed by atoms with Gasteiger partial charge in [-0.15, -0.1) is 12.4 Å². The molecular formula is C16H20BrClN4O2. The van der Waals surface area contributed by atoms with E-state index in [2.05, 4.69) is 26.3 Å². The molecule has 0 aliphatic carbocycles. The van der Waals surface area contributed by atoms with Crippen molar-refractivity contribution in [2.24, 2.45) is 5.73 Å². The van der Waals surface area contributed by atoms with Crippen LogP contribution in [0.1, 0.15) is 18.4 Å². The summed E-state index contributed by atoms with van der Waals surface area (Å²) in [5, 5.41) is 7.17. The van der Waals surface area contributed by atoms with Gasteiger partial charge < -0.3 is 15.8 Å². The number of nitrogens with two attached hydrogens (primary N) is 1. The fourth-order valence-corrected chi connectivity index (χ4v) is 2.87. The summed E-state index contributed by atoms with van der Waals surface area (Å²) in [6, 6.07) is 9.78. The molecule has 1 aromatic carbocycles. The molecule has 0 radical (unpaired) electrons. The van der Waals surface area contributed by atoms with Gasteiger partial charge in [-0.1, -0.05) is 28.1 Å². The highest BCUT2D eigenvalue weighted by Crippen LogP contribution is 2.21. The van der Waals surface area contributed by atoms with Crippen molar-refractivity contribution >= 4 is 40.1 Å². The van der Waals surface area contributed by atoms with E-state index in [0.717, 1.165) is 16.5 Å². The SMILES string of the molecule is Cl.NC[C@H]1CC[C@@H](C(=O)Nc2ccnn2Cc2ccc(Br)cc2)O1. The molecule has 0 saturated carbocycles. The smallest absolute Gasteiger partial charge is 0.254 e. The quantitative estimate of drug-likeness (QED) is 0.786. The number of amides is 1. The zero-order valence-electron chi connectivity index (χ0n) is 13.0. The van der Waals surface area contributed by atoms with Crippen LogP contribution in [-0.4, -0.2) is 34.4 Å². The van der Waals surface area contributed by atoms with E-state index in [0.29, 0.717) is 25.3 Å². The number of ether oxygens (including phenoxy) is 1. The fourth-order valence-electron chi connectivity index (χ4n) is 2.61. The van der Waals surface area contributed by atoms with Crippen LogP contribution in [0.4, 0.5) is 5.82 Å². The molecular weight excluding hydrogens is 396 g/mol. The standard InChI is InChI=1S/C16H19BrN4O2.ClH/c17-12-3-1-11(2-4-12)10-21-15(7-8-19-21)20-16(22)14-6-5-13(9-18)23-14;/h1-4,7-8,13-14H,5-6,9-10,18H2,(H,20,22);1H/t13-,14+;/m1./s1. The third-order valence-electron chi connectivity index (χ3n) is 3.88. The summed E-state index contributed by atoms with van der Waals surface area (Å²) in [5.41, 5.74) is 6.68. The molecule has 130 valence electrons. The largest absolute Gasteiger partial charge is 0.364 e. The lowest BCUT2D eigenvalue weighted by Crippen LogP contribution is -2.30. The van der Waals surface area contributed by atoms with Gasteiger partial charge in [0.1, 0.15) is 11.9 Å². The van der Waals surface area contributed by atoms with Crippen molar-refractivity contribution in [1.29, 1.82) is 0 Å². The first-order chi connectivity index (χ1) is 11.2. The molecule has 0 bridgehead atoms. The minimum atomic E-state index is -0.431. The van der Waals surface area contributed by atoms with Crippen LogP contribution < -0.4 is 11.1 Å². The molecule has 0 spiro atoms. The Kier molecular flexibility index (Phi) is 6.79. The zero-order chi connectivity index (χ0) is 16.2. The number of rotatable bonds is 5. The maximum Gasteiger partial charge on any atom is 0.254 e. The topological polar surface area (TPSA) is 82.2 Å². The van der Waals surface area contributed by atoms with Gasteiger partial charge in [0.25, 0.3) is 5.91 Å². The van der Waals surface area contributed by atoms with Crippen molar-refractivity contribution in [3.8, 4) is 0 Å². The van der Waals surface area contributed by atoms with Crippen LogP contribution >= 0.6 is 28.3 Å². The number of benzene rings is 1. The van der Waals surface area contributed by atoms with E-state index in [9.17, 15) is 4.79 Å². The van der Waals surface area contributed by atoms with Gasteiger partial charge >= 0.3 is 0 Å². The number of carbonyl (C=O) groups excluding carboxylic acids is 1. The lowest BCUT2D eigenvalue weighted by atomic mass is 10.2. The first-order valence-corrected chi connectivity index (χ1v) is 8.37. The van der Waals surface area contributed by atoms with Gasteiger partial charge in [-0.05, 0) is 30.5 Å². The number of nitrogens with zero attached hydrogens (tertiary/aromatic N) is 2. The summed E-state index contributed by atoms with van der Waals surface area (Å²) >= 11 is 3.42. The number of anilines is 1. The Morgan fingerprint density at radius 1 is 1.33 bits per heavy atom. The van der Waals surface area contributed by atoms with Gasteiger partial charge in [-0.25, -0.2) is 4.68 Å². The Labute approximate surface area is 155 Å². The third kappa shape index (κ3) is 4.57. The predicted octanol–water partition coefficient (Wildman–Crippen LogP) is 2.56. The Morgan fingerprint density at radius 2 is 2.08 bits per heavy atom. The molecule has 2 aromatic rings. The number of aromatic nitrogens is 2. The normalized spacial score (nSPS) is 19.8. The van der Waals surface area contributed by atoms with E-state index in [1.807, 2.05) is 24.3 Å². The summed E-state index contributed by atoms with van der Waals surface area (Å²) in [6.07, 6.45) is 2.76. The molecule has 3 N–H and O–H groups in total. The average Bonchev–Trinajstić information content (AvgIpc) is 3.19. The minimum absolute atomic E-state index is 0. The Bertz CT molecular complexity index is 677. The fraction of sp³-hybridized carbons (Fsp3) is 0.375. The maximum atomic E-state index is 12.3. The molecule has 2 heterocycles. The van der Waals surface area contributed by atoms with E-state index in [1.54, 1.807) is 16.9 Å². The molecule has 3 rings (SSSR count). The van der Waals surface area contributed by atoms with Gasteiger partial charge in [0, 0.05) is 17.1 Å². The lowest BCUT2D eigenvalue weighted by molar-refractivity contribution is -0.126. The van der Waals surface area contributed by atoms with E-state index >= 15 is 0 Å². The molecule has 1 aromatic heterocycles. The number of nitrogens with one attached hydrogen (secondary N) is 1. The predicted molar refractivity (Wildman–Crippen MR) is 98.3 cm³/mol. The highest BCUT2D eigenvalue weighted by Gasteiger charge is 2.30. The van der Waals surface area contributed by atoms with Crippen molar-refractivity contribution in [1.82, 2.24) is 9.78 Å². The van der Waals surface area contributed by atoms with Gasteiger partial charge in [0.15, 0.2) is 0 Å². The molecule has 2 atom stereocenters. The number of hydrogen-bond acceptors (Lipinski definition) is 4. The maximum absolute atomic E-state index is 12.3. The van der Waals surface area contributed by atoms with Crippen LogP contribution in [0.25, 0.3) is 0 Å². The Hall–Kier alpha value is -1.41. The van der Waals surface area contributed by atoms with Crippen molar-refractivity contribution in [2.75, 3.05) is 11.9 Å². The Balaban J connectivity index is 0.00000208. The van der Waals surface area contributed by atoms with Crippen molar-refractivity contribution in [3.63, 3.8) is 0 Å². The molecule has 0 unspecified atom stereocenters. The van der Waals surface area contributed by atoms with Crippen molar-refractivity contribution in [3.05, 3.63) is 46.6 Å². The number of hydrogen-bond donors (Lipinski definition) is 2. The molecule has 1 fully saturated rings. The highest BCUT2D eigenvalue weighted by atomic mass is 79.9. The van der Waals surface area contributed by atoms with Crippen molar-refractivity contribution < 1.29 is 9.53 Å². The lowest BCUT2D eigenvalue weighted by Gasteiger charge is -2.14. The van der Waals surface area contributed by atoms with Crippen LogP contribution in [0.5, 0.6) is 0 Å². The first kappa shape index (κ1) is 18.9. The minimum Gasteiger partial charge on any atom is -0.364 e. The van der Waals surface area contributed by atoms with E-state index in [4.69, 9.17) is 10.5 Å². The molecule has 8 heteroatoms. The van der Waals surface area contributed by atoms with Crippen LogP contribution in [0.3, 0.4) is 0 Å². The Morgan fingerprint density at radius 3 is 2.75 bits per heavy atom. The molecule has 1 saturated heterocycles. The zero-order valence-corrected chi connectivity index (χ0v) is 15.4. The second kappa shape index (κ2) is 8.62. The monoisotopic (exact) mass is 414 g/mol. The van der Waals surface area contributed by atoms with Gasteiger partial charge in [-0.3, -0.25) is 4.79 Å². The molecule has 1 aliphatic heterocycles.